The van der Waals surface area contributed by atoms with Gasteiger partial charge < -0.3 is 81.7 Å². The summed E-state index contributed by atoms with van der Waals surface area (Å²) in [6.45, 7) is 9.88. The van der Waals surface area contributed by atoms with Crippen LogP contribution in [-0.2, 0) is 4.79 Å². The van der Waals surface area contributed by atoms with Crippen LogP contribution in [0.5, 0.6) is 0 Å². The van der Waals surface area contributed by atoms with E-state index in [1.165, 1.54) is 36.4 Å². The van der Waals surface area contributed by atoms with Crippen LogP contribution in [0.1, 0.15) is 312 Å². The molecule has 21 heteroatoms. The molecule has 0 aliphatic heterocycles. The van der Waals surface area contributed by atoms with Crippen molar-refractivity contribution in [2.45, 2.75) is 401 Å². The largest absolute Gasteiger partial charge is 0.480 e. The molecule has 0 aliphatic carbocycles. The van der Waals surface area contributed by atoms with Crippen LogP contribution in [0.2, 0.25) is 0 Å². The molecular weight excluding hydrogens is 1250 g/mol. The van der Waals surface area contributed by atoms with E-state index in [2.05, 4.69) is 27.7 Å². The molecule has 0 saturated heterocycles. The molecule has 0 aromatic carbocycles. The van der Waals surface area contributed by atoms with Crippen molar-refractivity contribution in [3.63, 3.8) is 0 Å². The van der Waals surface area contributed by atoms with Crippen LogP contribution in [-0.4, -0.2) is 210 Å². The highest BCUT2D eigenvalue weighted by molar-refractivity contribution is 8.26. The first-order valence-electron chi connectivity index (χ1n) is 36.7. The maximum absolute atomic E-state index is 16.2. The Morgan fingerprint density at radius 2 is 0.554 bits per heavy atom. The Morgan fingerprint density at radius 1 is 0.315 bits per heavy atom. The molecular formula is C71H142O17S4. The van der Waals surface area contributed by atoms with Gasteiger partial charge in [-0.2, -0.15) is 0 Å². The lowest BCUT2D eigenvalue weighted by atomic mass is 9.60. The molecule has 0 amide bonds. The summed E-state index contributed by atoms with van der Waals surface area (Å²) in [6.07, 6.45) is 10.7. The zero-order valence-corrected chi connectivity index (χ0v) is 62.0. The van der Waals surface area contributed by atoms with E-state index < -0.39 is 156 Å². The van der Waals surface area contributed by atoms with E-state index in [0.717, 1.165) is 197 Å². The molecule has 92 heavy (non-hydrogen) atoms. The highest BCUT2D eigenvalue weighted by atomic mass is 32.2. The number of hydrogen-bond donors (Lipinski definition) is 16. The summed E-state index contributed by atoms with van der Waals surface area (Å²) in [5.41, 5.74) is -2.15. The van der Waals surface area contributed by atoms with Gasteiger partial charge in [-0.15, -0.1) is 47.0 Å². The van der Waals surface area contributed by atoms with E-state index in [0.29, 0.717) is 32.1 Å². The number of unbranched alkanes of at least 4 members (excludes halogenated alkanes) is 28. The summed E-state index contributed by atoms with van der Waals surface area (Å²) >= 11 is 4.80. The zero-order chi connectivity index (χ0) is 69.4. The van der Waals surface area contributed by atoms with Crippen LogP contribution >= 0.6 is 47.0 Å². The molecule has 552 valence electrons. The van der Waals surface area contributed by atoms with Gasteiger partial charge in [-0.25, -0.2) is 4.79 Å². The number of aliphatic carboxylic acids is 1. The van der Waals surface area contributed by atoms with Crippen molar-refractivity contribution in [3.8, 4) is 0 Å². The first kappa shape index (κ1) is 92.3. The standard InChI is InChI=1S/C71H142O17S4/c1-8-12-16-20-24-28-32-36-40-54(5)89-70(48-61(81)66(86)53-76,90-55(6)41-37-33-29-25-21-17-13-9-2)71(67(87)88,91-56(7)42-38-34-30-26-22-18-14-10-3)92-69(47-60(80)65(85)52-75,43-39-35-31-27-23-19-15-11-4)68(44-57(77)62(82)49-72,45-58(78)63(83)50-73)46-59(79)64(84)51-74/h54-66,72-86H,8-53H2,1-7H3,(H,87,88)/t54?,55?,56?,57-,58-,59-,60-,61-,62+,63+,64+,65+,66+,69?,70?,71?/m0/s1. The molecule has 0 spiro atoms. The Morgan fingerprint density at radius 3 is 0.826 bits per heavy atom. The third-order valence-electron chi connectivity index (χ3n) is 19.0. The SMILES string of the molecule is CCCCCCCCCCC(C)SC(C[C@H](O)[C@H](O)CO)(SC(C)CCCCCCCCCC)C(SC(C)CCCCCCCCCC)(SC(CCCCCCCCCC)(C[C@H](O)[C@H](O)CO)C(C[C@H](O)[C@H](O)CO)(C[C@H](O)[C@H](O)CO)C[C@H](O)[C@H](O)CO)C(=O)O. The van der Waals surface area contributed by atoms with Gasteiger partial charge >= 0.3 is 5.97 Å². The fourth-order valence-electron chi connectivity index (χ4n) is 13.2. The predicted octanol–water partition coefficient (Wildman–Crippen LogP) is 11.9. The van der Waals surface area contributed by atoms with Gasteiger partial charge in [0.2, 0.25) is 0 Å². The summed E-state index contributed by atoms with van der Waals surface area (Å²) in [4.78, 5) is 16.2. The maximum atomic E-state index is 16.2. The predicted molar refractivity (Wildman–Crippen MR) is 385 cm³/mol. The third kappa shape index (κ3) is 36.0. The van der Waals surface area contributed by atoms with Gasteiger partial charge in [0.15, 0.2) is 4.08 Å². The van der Waals surface area contributed by atoms with Crippen molar-refractivity contribution in [2.75, 3.05) is 33.0 Å². The first-order valence-corrected chi connectivity index (χ1v) is 40.2. The van der Waals surface area contributed by atoms with Gasteiger partial charge in [0.25, 0.3) is 0 Å². The van der Waals surface area contributed by atoms with Crippen molar-refractivity contribution in [2.24, 2.45) is 5.41 Å². The quantitative estimate of drug-likeness (QED) is 0.0199. The second kappa shape index (κ2) is 55.0. The highest BCUT2D eigenvalue weighted by Crippen LogP contribution is 2.70. The van der Waals surface area contributed by atoms with Crippen molar-refractivity contribution >= 4 is 53.0 Å². The summed E-state index contributed by atoms with van der Waals surface area (Å²) < 4.78 is -6.09. The minimum atomic E-state index is -2.30. The number of aliphatic hydroxyl groups excluding tert-OH is 15. The van der Waals surface area contributed by atoms with Crippen molar-refractivity contribution < 1.29 is 86.5 Å². The average molecular weight is 1400 g/mol. The van der Waals surface area contributed by atoms with Crippen LogP contribution in [0, 0.1) is 5.41 Å². The molecule has 0 heterocycles. The fraction of sp³-hybridized carbons (Fsp3) is 0.986. The lowest BCUT2D eigenvalue weighted by molar-refractivity contribution is -0.138. The van der Waals surface area contributed by atoms with E-state index in [1.807, 2.05) is 20.8 Å². The van der Waals surface area contributed by atoms with Crippen molar-refractivity contribution in [1.29, 1.82) is 0 Å². The summed E-state index contributed by atoms with van der Waals surface area (Å²) in [6, 6.07) is 0. The molecule has 16 N–H and O–H groups in total. The molecule has 0 radical (unpaired) electrons. The molecule has 15 atom stereocenters. The van der Waals surface area contributed by atoms with Gasteiger partial charge in [-0.1, -0.05) is 254 Å². The molecule has 5 unspecified atom stereocenters. The van der Waals surface area contributed by atoms with Crippen molar-refractivity contribution in [3.05, 3.63) is 0 Å². The zero-order valence-electron chi connectivity index (χ0n) is 58.7. The Bertz CT molecular complexity index is 1650. The number of carbonyl (C=O) groups is 1. The van der Waals surface area contributed by atoms with Gasteiger partial charge in [-0.05, 0) is 56.8 Å². The molecule has 0 fully saturated rings. The monoisotopic (exact) mass is 1390 g/mol. The summed E-state index contributed by atoms with van der Waals surface area (Å²) in [5.74, 6) is -1.38. The van der Waals surface area contributed by atoms with E-state index in [1.54, 1.807) is 0 Å². The third-order valence-corrected chi connectivity index (χ3v) is 27.2. The van der Waals surface area contributed by atoms with E-state index in [4.69, 9.17) is 0 Å². The maximum Gasteiger partial charge on any atom is 0.332 e. The Labute approximate surface area is 576 Å². The molecule has 0 aliphatic rings. The Kier molecular flexibility index (Phi) is 55.2. The number of carboxylic acid groups (broad SMARTS) is 1. The van der Waals surface area contributed by atoms with Gasteiger partial charge in [0.05, 0.1) is 67.6 Å². The van der Waals surface area contributed by atoms with Gasteiger partial charge in [0.1, 0.15) is 30.5 Å². The van der Waals surface area contributed by atoms with E-state index >= 15 is 4.79 Å². The first-order chi connectivity index (χ1) is 43.9. The van der Waals surface area contributed by atoms with Crippen LogP contribution in [0.3, 0.4) is 0 Å². The number of thioether (sulfide) groups is 4. The van der Waals surface area contributed by atoms with Crippen LogP contribution < -0.4 is 0 Å². The van der Waals surface area contributed by atoms with Crippen LogP contribution in [0.25, 0.3) is 0 Å². The van der Waals surface area contributed by atoms with Gasteiger partial charge in [-0.3, -0.25) is 0 Å². The number of carboxylic acids is 1. The van der Waals surface area contributed by atoms with Gasteiger partial charge in [0, 0.05) is 26.9 Å². The number of aliphatic hydroxyl groups is 15. The van der Waals surface area contributed by atoms with Crippen molar-refractivity contribution in [1.82, 2.24) is 0 Å². The minimum Gasteiger partial charge on any atom is -0.480 e. The van der Waals surface area contributed by atoms with E-state index in [9.17, 15) is 81.7 Å². The molecule has 0 aromatic heterocycles. The number of hydrogen-bond acceptors (Lipinski definition) is 20. The molecule has 0 rings (SSSR count). The highest BCUT2D eigenvalue weighted by Gasteiger charge is 2.68. The normalized spacial score (nSPS) is 18.8. The van der Waals surface area contributed by atoms with E-state index in [-0.39, 0.29) is 23.3 Å². The average Bonchev–Trinajstić information content (AvgIpc) is 0.717. The minimum absolute atomic E-state index is 0.134. The van der Waals surface area contributed by atoms with Crippen LogP contribution in [0.4, 0.5) is 0 Å². The van der Waals surface area contributed by atoms with Crippen LogP contribution in [0.15, 0.2) is 0 Å². The molecule has 0 bridgehead atoms. The smallest absolute Gasteiger partial charge is 0.332 e. The second-order valence-electron chi connectivity index (χ2n) is 27.5. The summed E-state index contributed by atoms with van der Waals surface area (Å²) in [5, 5.41) is 185. The Hall–Kier alpha value is 0.270. The summed E-state index contributed by atoms with van der Waals surface area (Å²) in [7, 11) is 0. The number of rotatable bonds is 67. The molecule has 17 nitrogen and oxygen atoms in total. The molecule has 0 aromatic rings. The lowest BCUT2D eigenvalue weighted by Gasteiger charge is -2.60. The molecule has 0 saturated carbocycles. The second-order valence-corrected chi connectivity index (χ2v) is 34.7. The fourth-order valence-corrected chi connectivity index (χ4v) is 22.6. The Balaban J connectivity index is 9.93. The topological polar surface area (TPSA) is 341 Å². The lowest BCUT2D eigenvalue weighted by Crippen LogP contribution is -2.62.